The average molecular weight is 421 g/mol. The molecule has 0 aromatic heterocycles. The van der Waals surface area contributed by atoms with Crippen molar-refractivity contribution >= 4 is 39.3 Å². The molecule has 26 heavy (non-hydrogen) atoms. The Hall–Kier alpha value is -2.87. The van der Waals surface area contributed by atoms with E-state index in [1.807, 2.05) is 19.1 Å². The number of methoxy groups -OCH3 is 1. The van der Waals surface area contributed by atoms with Crippen LogP contribution in [0.15, 0.2) is 46.9 Å². The number of hydrogen-bond donors (Lipinski definition) is 1. The van der Waals surface area contributed by atoms with Crippen LogP contribution in [0.4, 0.5) is 11.4 Å². The fourth-order valence-electron chi connectivity index (χ4n) is 2.18. The summed E-state index contributed by atoms with van der Waals surface area (Å²) in [6.45, 7) is 2.37. The van der Waals surface area contributed by atoms with Crippen LogP contribution in [0.1, 0.15) is 12.5 Å². The first-order valence-corrected chi connectivity index (χ1v) is 8.47. The molecule has 1 amide bonds. The second kappa shape index (κ2) is 9.00. The van der Waals surface area contributed by atoms with E-state index in [1.54, 1.807) is 12.1 Å². The molecule has 0 spiro atoms. The van der Waals surface area contributed by atoms with Gasteiger partial charge < -0.3 is 14.8 Å². The maximum absolute atomic E-state index is 12.2. The number of benzene rings is 2. The molecule has 0 unspecified atom stereocenters. The van der Waals surface area contributed by atoms with Crippen LogP contribution in [0, 0.1) is 10.1 Å². The van der Waals surface area contributed by atoms with E-state index >= 15 is 0 Å². The van der Waals surface area contributed by atoms with E-state index in [9.17, 15) is 14.9 Å². The second-order valence-electron chi connectivity index (χ2n) is 5.08. The van der Waals surface area contributed by atoms with Gasteiger partial charge in [0.05, 0.1) is 24.3 Å². The zero-order chi connectivity index (χ0) is 19.1. The summed E-state index contributed by atoms with van der Waals surface area (Å²) < 4.78 is 11.5. The van der Waals surface area contributed by atoms with E-state index in [-0.39, 0.29) is 11.4 Å². The molecular formula is C18H17BrN2O5. The molecule has 0 aliphatic rings. The van der Waals surface area contributed by atoms with E-state index in [2.05, 4.69) is 21.2 Å². The normalized spacial score (nSPS) is 10.6. The third-order valence-electron chi connectivity index (χ3n) is 3.34. The number of carbonyl (C=O) groups excluding carboxylic acids is 1. The Balaban J connectivity index is 2.21. The molecule has 136 valence electrons. The van der Waals surface area contributed by atoms with Gasteiger partial charge in [0.25, 0.3) is 5.69 Å². The molecule has 2 aromatic rings. The third kappa shape index (κ3) is 5.06. The predicted molar refractivity (Wildman–Crippen MR) is 103 cm³/mol. The lowest BCUT2D eigenvalue weighted by Gasteiger charge is -2.09. The fraction of sp³-hybridized carbons (Fsp3) is 0.167. The molecule has 7 nitrogen and oxygen atoms in total. The number of nitrogens with zero attached hydrogens (tertiary/aromatic N) is 1. The van der Waals surface area contributed by atoms with E-state index in [0.717, 1.165) is 10.0 Å². The van der Waals surface area contributed by atoms with Crippen molar-refractivity contribution in [2.24, 2.45) is 0 Å². The number of hydrogen-bond acceptors (Lipinski definition) is 5. The molecular weight excluding hydrogens is 404 g/mol. The number of halogens is 1. The minimum atomic E-state index is -0.541. The molecule has 0 aliphatic heterocycles. The number of amides is 1. The summed E-state index contributed by atoms with van der Waals surface area (Å²) in [5, 5.41) is 13.5. The highest BCUT2D eigenvalue weighted by Crippen LogP contribution is 2.29. The SMILES string of the molecule is CCOc1ccc(Br)cc1/C=C/C(=O)Nc1cc([N+](=O)[O-])ccc1OC. The Morgan fingerprint density at radius 1 is 1.27 bits per heavy atom. The van der Waals surface area contributed by atoms with Gasteiger partial charge in [-0.15, -0.1) is 0 Å². The van der Waals surface area contributed by atoms with Gasteiger partial charge in [0.1, 0.15) is 11.5 Å². The summed E-state index contributed by atoms with van der Waals surface area (Å²) >= 11 is 3.38. The van der Waals surface area contributed by atoms with E-state index in [1.165, 1.54) is 31.4 Å². The summed E-state index contributed by atoms with van der Waals surface area (Å²) in [5.41, 5.74) is 0.800. The lowest BCUT2D eigenvalue weighted by Crippen LogP contribution is -2.09. The number of anilines is 1. The van der Waals surface area contributed by atoms with Crippen molar-refractivity contribution in [2.75, 3.05) is 19.0 Å². The Morgan fingerprint density at radius 2 is 2.00 bits per heavy atom. The molecule has 1 N–H and O–H groups in total. The topological polar surface area (TPSA) is 90.7 Å². The Bertz CT molecular complexity index is 851. The zero-order valence-corrected chi connectivity index (χ0v) is 15.8. The maximum Gasteiger partial charge on any atom is 0.271 e. The van der Waals surface area contributed by atoms with Gasteiger partial charge in [-0.05, 0) is 37.3 Å². The van der Waals surface area contributed by atoms with Crippen molar-refractivity contribution < 1.29 is 19.2 Å². The molecule has 0 aliphatic carbocycles. The summed E-state index contributed by atoms with van der Waals surface area (Å²) in [7, 11) is 1.42. The van der Waals surface area contributed by atoms with Crippen molar-refractivity contribution in [1.29, 1.82) is 0 Å². The van der Waals surface area contributed by atoms with Crippen LogP contribution in [0.3, 0.4) is 0 Å². The Kier molecular flexibility index (Phi) is 6.74. The van der Waals surface area contributed by atoms with Crippen LogP contribution in [0.5, 0.6) is 11.5 Å². The number of nitro benzene ring substituents is 1. The van der Waals surface area contributed by atoms with Gasteiger partial charge >= 0.3 is 0 Å². The molecule has 0 fully saturated rings. The van der Waals surface area contributed by atoms with Crippen molar-refractivity contribution in [3.63, 3.8) is 0 Å². The highest BCUT2D eigenvalue weighted by molar-refractivity contribution is 9.10. The highest BCUT2D eigenvalue weighted by atomic mass is 79.9. The van der Waals surface area contributed by atoms with Crippen LogP contribution < -0.4 is 14.8 Å². The minimum absolute atomic E-state index is 0.143. The van der Waals surface area contributed by atoms with Gasteiger partial charge in [0, 0.05) is 28.2 Å². The number of nitrogens with one attached hydrogen (secondary N) is 1. The molecule has 2 aromatic carbocycles. The third-order valence-corrected chi connectivity index (χ3v) is 3.83. The number of carbonyl (C=O) groups is 1. The summed E-state index contributed by atoms with van der Waals surface area (Å²) in [4.78, 5) is 22.6. The minimum Gasteiger partial charge on any atom is -0.495 e. The van der Waals surface area contributed by atoms with Crippen LogP contribution in [0.25, 0.3) is 6.08 Å². The lowest BCUT2D eigenvalue weighted by molar-refractivity contribution is -0.384. The van der Waals surface area contributed by atoms with Crippen LogP contribution >= 0.6 is 15.9 Å². The van der Waals surface area contributed by atoms with Crippen molar-refractivity contribution in [1.82, 2.24) is 0 Å². The first kappa shape index (κ1) is 19.5. The van der Waals surface area contributed by atoms with Gasteiger partial charge in [0.15, 0.2) is 0 Å². The molecule has 0 bridgehead atoms. The number of non-ortho nitro benzene ring substituents is 1. The summed E-state index contributed by atoms with van der Waals surface area (Å²) in [6, 6.07) is 9.45. The van der Waals surface area contributed by atoms with E-state index < -0.39 is 10.8 Å². The van der Waals surface area contributed by atoms with Gasteiger partial charge in [-0.3, -0.25) is 14.9 Å². The van der Waals surface area contributed by atoms with Crippen molar-refractivity contribution in [3.8, 4) is 11.5 Å². The average Bonchev–Trinajstić information content (AvgIpc) is 2.62. The Morgan fingerprint density at radius 3 is 2.65 bits per heavy atom. The quantitative estimate of drug-likeness (QED) is 0.406. The highest BCUT2D eigenvalue weighted by Gasteiger charge is 2.12. The lowest BCUT2D eigenvalue weighted by atomic mass is 10.2. The first-order chi connectivity index (χ1) is 12.4. The molecule has 0 saturated heterocycles. The van der Waals surface area contributed by atoms with Gasteiger partial charge in [0.2, 0.25) is 5.91 Å². The van der Waals surface area contributed by atoms with Crippen molar-refractivity contribution in [2.45, 2.75) is 6.92 Å². The smallest absolute Gasteiger partial charge is 0.271 e. The van der Waals surface area contributed by atoms with E-state index in [0.29, 0.717) is 18.1 Å². The van der Waals surface area contributed by atoms with Crippen LogP contribution in [-0.2, 0) is 4.79 Å². The first-order valence-electron chi connectivity index (χ1n) is 7.68. The van der Waals surface area contributed by atoms with Crippen molar-refractivity contribution in [3.05, 3.63) is 62.6 Å². The Labute approximate surface area is 158 Å². The largest absolute Gasteiger partial charge is 0.495 e. The van der Waals surface area contributed by atoms with Crippen LogP contribution in [-0.4, -0.2) is 24.5 Å². The standard InChI is InChI=1S/C18H17BrN2O5/c1-3-26-16-7-5-13(19)10-12(16)4-9-18(22)20-15-11-14(21(23)24)6-8-17(15)25-2/h4-11H,3H2,1-2H3,(H,20,22)/b9-4+. The summed E-state index contributed by atoms with van der Waals surface area (Å²) in [6.07, 6.45) is 2.93. The fourth-order valence-corrected chi connectivity index (χ4v) is 2.56. The monoisotopic (exact) mass is 420 g/mol. The van der Waals surface area contributed by atoms with Gasteiger partial charge in [-0.25, -0.2) is 0 Å². The molecule has 0 atom stereocenters. The maximum atomic E-state index is 12.2. The molecule has 0 saturated carbocycles. The number of nitro groups is 1. The summed E-state index contributed by atoms with van der Waals surface area (Å²) in [5.74, 6) is 0.522. The zero-order valence-electron chi connectivity index (χ0n) is 14.2. The predicted octanol–water partition coefficient (Wildman–Crippen LogP) is 4.42. The molecule has 2 rings (SSSR count). The van der Waals surface area contributed by atoms with Gasteiger partial charge in [-0.1, -0.05) is 15.9 Å². The molecule has 0 radical (unpaired) electrons. The second-order valence-corrected chi connectivity index (χ2v) is 6.00. The van der Waals surface area contributed by atoms with Gasteiger partial charge in [-0.2, -0.15) is 0 Å². The number of rotatable bonds is 7. The number of ether oxygens (including phenoxy) is 2. The van der Waals surface area contributed by atoms with E-state index in [4.69, 9.17) is 9.47 Å². The van der Waals surface area contributed by atoms with Crippen LogP contribution in [0.2, 0.25) is 0 Å². The molecule has 8 heteroatoms. The molecule has 0 heterocycles.